The van der Waals surface area contributed by atoms with Crippen LogP contribution >= 0.6 is 11.6 Å². The van der Waals surface area contributed by atoms with Crippen molar-refractivity contribution in [2.45, 2.75) is 44.6 Å². The molecular weight excluding hydrogens is 222 g/mol. The molecule has 0 aliphatic heterocycles. The summed E-state index contributed by atoms with van der Waals surface area (Å²) in [4.78, 5) is 4.15. The third-order valence-electron chi connectivity index (χ3n) is 3.19. The molecule has 1 aromatic heterocycles. The molecule has 1 saturated carbocycles. The Bertz CT molecular complexity index is 334. The summed E-state index contributed by atoms with van der Waals surface area (Å²) in [7, 11) is 0. The normalized spacial score (nSPS) is 25.4. The molecule has 0 bridgehead atoms. The lowest BCUT2D eigenvalue weighted by Crippen LogP contribution is -2.23. The van der Waals surface area contributed by atoms with Crippen molar-refractivity contribution in [2.75, 3.05) is 0 Å². The standard InChI is InChI=1S/C13H18ClNO/c1-10-2-4-12(5-3-10)16-13-6-7-15-11(8-13)9-14/h6-8,10,12H,2-5,9H2,1H3/t10-,12-. The average molecular weight is 240 g/mol. The summed E-state index contributed by atoms with van der Waals surface area (Å²) in [5.41, 5.74) is 0.878. The maximum absolute atomic E-state index is 5.95. The van der Waals surface area contributed by atoms with Crippen LogP contribution in [0.1, 0.15) is 38.3 Å². The lowest BCUT2D eigenvalue weighted by Gasteiger charge is -2.26. The van der Waals surface area contributed by atoms with Crippen LogP contribution in [0.2, 0.25) is 0 Å². The van der Waals surface area contributed by atoms with E-state index in [0.717, 1.165) is 17.4 Å². The SMILES string of the molecule is C[C@H]1CC[C@H](Oc2ccnc(CCl)c2)CC1. The smallest absolute Gasteiger partial charge is 0.123 e. The minimum Gasteiger partial charge on any atom is -0.490 e. The minimum atomic E-state index is 0.377. The Balaban J connectivity index is 1.93. The number of alkyl halides is 1. The Morgan fingerprint density at radius 1 is 1.38 bits per heavy atom. The molecule has 0 radical (unpaired) electrons. The summed E-state index contributed by atoms with van der Waals surface area (Å²) >= 11 is 5.74. The summed E-state index contributed by atoms with van der Waals surface area (Å²) in [5, 5.41) is 0. The second-order valence-electron chi connectivity index (χ2n) is 4.62. The molecule has 2 nitrogen and oxygen atoms in total. The van der Waals surface area contributed by atoms with Gasteiger partial charge in [0.15, 0.2) is 0 Å². The van der Waals surface area contributed by atoms with Gasteiger partial charge in [-0.25, -0.2) is 0 Å². The molecule has 0 unspecified atom stereocenters. The molecule has 1 fully saturated rings. The van der Waals surface area contributed by atoms with Crippen molar-refractivity contribution in [3.8, 4) is 5.75 Å². The molecule has 1 aliphatic rings. The van der Waals surface area contributed by atoms with E-state index >= 15 is 0 Å². The largest absolute Gasteiger partial charge is 0.490 e. The van der Waals surface area contributed by atoms with E-state index in [4.69, 9.17) is 16.3 Å². The van der Waals surface area contributed by atoms with Gasteiger partial charge in [-0.05, 0) is 37.7 Å². The Morgan fingerprint density at radius 3 is 2.81 bits per heavy atom. The van der Waals surface area contributed by atoms with Gasteiger partial charge in [0, 0.05) is 12.3 Å². The van der Waals surface area contributed by atoms with Crippen LogP contribution in [0.15, 0.2) is 18.3 Å². The molecule has 0 saturated heterocycles. The van der Waals surface area contributed by atoms with Crippen molar-refractivity contribution in [1.29, 1.82) is 0 Å². The quantitative estimate of drug-likeness (QED) is 0.749. The highest BCUT2D eigenvalue weighted by Crippen LogP contribution is 2.27. The molecule has 0 atom stereocenters. The van der Waals surface area contributed by atoms with Crippen molar-refractivity contribution in [3.05, 3.63) is 24.0 Å². The van der Waals surface area contributed by atoms with Crippen molar-refractivity contribution < 1.29 is 4.74 Å². The van der Waals surface area contributed by atoms with Gasteiger partial charge in [0.05, 0.1) is 17.7 Å². The molecule has 0 amide bonds. The molecule has 0 aromatic carbocycles. The van der Waals surface area contributed by atoms with Crippen molar-refractivity contribution in [3.63, 3.8) is 0 Å². The number of pyridine rings is 1. The molecule has 1 heterocycles. The number of rotatable bonds is 3. The zero-order valence-electron chi connectivity index (χ0n) is 9.66. The first-order valence-electron chi connectivity index (χ1n) is 5.95. The van der Waals surface area contributed by atoms with Gasteiger partial charge in [-0.1, -0.05) is 6.92 Å². The van der Waals surface area contributed by atoms with Crippen LogP contribution in [0, 0.1) is 5.92 Å². The zero-order chi connectivity index (χ0) is 11.4. The maximum atomic E-state index is 5.95. The van der Waals surface area contributed by atoms with Gasteiger partial charge in [-0.2, -0.15) is 0 Å². The van der Waals surface area contributed by atoms with E-state index in [9.17, 15) is 0 Å². The summed E-state index contributed by atoms with van der Waals surface area (Å²) in [5.74, 6) is 2.21. The first kappa shape index (κ1) is 11.7. The minimum absolute atomic E-state index is 0.377. The Hall–Kier alpha value is -0.760. The first-order chi connectivity index (χ1) is 7.78. The first-order valence-corrected chi connectivity index (χ1v) is 6.49. The number of halogens is 1. The number of hydrogen-bond acceptors (Lipinski definition) is 2. The number of aromatic nitrogens is 1. The summed E-state index contributed by atoms with van der Waals surface area (Å²) in [6, 6.07) is 3.85. The number of nitrogens with zero attached hydrogens (tertiary/aromatic N) is 1. The van der Waals surface area contributed by atoms with Crippen LogP contribution in [0.4, 0.5) is 0 Å². The molecule has 16 heavy (non-hydrogen) atoms. The van der Waals surface area contributed by atoms with Gasteiger partial charge in [-0.15, -0.1) is 11.6 Å². The second-order valence-corrected chi connectivity index (χ2v) is 4.88. The van der Waals surface area contributed by atoms with Crippen LogP contribution in [-0.2, 0) is 5.88 Å². The molecule has 3 heteroatoms. The Morgan fingerprint density at radius 2 is 2.12 bits per heavy atom. The Labute approximate surface area is 102 Å². The van der Waals surface area contributed by atoms with Gasteiger partial charge < -0.3 is 4.74 Å². The van der Waals surface area contributed by atoms with Gasteiger partial charge in [-0.3, -0.25) is 4.98 Å². The monoisotopic (exact) mass is 239 g/mol. The molecule has 2 rings (SSSR count). The predicted molar refractivity (Wildman–Crippen MR) is 65.8 cm³/mol. The third kappa shape index (κ3) is 3.11. The lowest BCUT2D eigenvalue weighted by atomic mass is 9.89. The fourth-order valence-corrected chi connectivity index (χ4v) is 2.29. The zero-order valence-corrected chi connectivity index (χ0v) is 10.4. The van der Waals surface area contributed by atoms with Crippen LogP contribution in [0.25, 0.3) is 0 Å². The molecule has 0 N–H and O–H groups in total. The van der Waals surface area contributed by atoms with Gasteiger partial charge in [0.1, 0.15) is 5.75 Å². The maximum Gasteiger partial charge on any atom is 0.123 e. The van der Waals surface area contributed by atoms with Crippen LogP contribution in [0.5, 0.6) is 5.75 Å². The summed E-state index contributed by atoms with van der Waals surface area (Å²) < 4.78 is 5.95. The fourth-order valence-electron chi connectivity index (χ4n) is 2.14. The molecule has 88 valence electrons. The molecule has 1 aliphatic carbocycles. The highest BCUT2D eigenvalue weighted by molar-refractivity contribution is 6.16. The van der Waals surface area contributed by atoms with Crippen molar-refractivity contribution in [2.24, 2.45) is 5.92 Å². The number of hydrogen-bond donors (Lipinski definition) is 0. The molecular formula is C13H18ClNO. The van der Waals surface area contributed by atoms with E-state index in [-0.39, 0.29) is 0 Å². The van der Waals surface area contributed by atoms with E-state index in [2.05, 4.69) is 11.9 Å². The van der Waals surface area contributed by atoms with Crippen LogP contribution in [0.3, 0.4) is 0 Å². The Kier molecular flexibility index (Phi) is 4.05. The van der Waals surface area contributed by atoms with E-state index < -0.39 is 0 Å². The van der Waals surface area contributed by atoms with E-state index in [1.165, 1.54) is 25.7 Å². The van der Waals surface area contributed by atoms with Gasteiger partial charge >= 0.3 is 0 Å². The highest BCUT2D eigenvalue weighted by atomic mass is 35.5. The second kappa shape index (κ2) is 5.53. The van der Waals surface area contributed by atoms with E-state index in [1.54, 1.807) is 6.20 Å². The van der Waals surface area contributed by atoms with Gasteiger partial charge in [0.2, 0.25) is 0 Å². The number of ether oxygens (including phenoxy) is 1. The lowest BCUT2D eigenvalue weighted by molar-refractivity contribution is 0.135. The predicted octanol–water partition coefficient (Wildman–Crippen LogP) is 3.78. The van der Waals surface area contributed by atoms with E-state index in [1.807, 2.05) is 12.1 Å². The third-order valence-corrected chi connectivity index (χ3v) is 3.46. The highest BCUT2D eigenvalue weighted by Gasteiger charge is 2.19. The summed E-state index contributed by atoms with van der Waals surface area (Å²) in [6.07, 6.45) is 7.02. The molecule has 0 spiro atoms. The van der Waals surface area contributed by atoms with Crippen molar-refractivity contribution >= 4 is 11.6 Å². The fraction of sp³-hybridized carbons (Fsp3) is 0.615. The summed E-state index contributed by atoms with van der Waals surface area (Å²) in [6.45, 7) is 2.31. The molecule has 1 aromatic rings. The van der Waals surface area contributed by atoms with Crippen molar-refractivity contribution in [1.82, 2.24) is 4.98 Å². The average Bonchev–Trinajstić information content (AvgIpc) is 2.32. The van der Waals surface area contributed by atoms with Crippen LogP contribution < -0.4 is 4.74 Å². The van der Waals surface area contributed by atoms with Crippen LogP contribution in [-0.4, -0.2) is 11.1 Å². The topological polar surface area (TPSA) is 22.1 Å². The van der Waals surface area contributed by atoms with Gasteiger partial charge in [0.25, 0.3) is 0 Å². The van der Waals surface area contributed by atoms with E-state index in [0.29, 0.717) is 12.0 Å².